The Hall–Kier alpha value is -1.58. The van der Waals surface area contributed by atoms with Crippen LogP contribution in [0.3, 0.4) is 0 Å². The Morgan fingerprint density at radius 1 is 1.09 bits per heavy atom. The summed E-state index contributed by atoms with van der Waals surface area (Å²) >= 11 is 0. The van der Waals surface area contributed by atoms with Crippen molar-refractivity contribution in [1.29, 1.82) is 0 Å². The first kappa shape index (κ1) is 16.3. The second-order valence-corrected chi connectivity index (χ2v) is 6.86. The van der Waals surface area contributed by atoms with Crippen LogP contribution in [0.15, 0.2) is 30.3 Å². The van der Waals surface area contributed by atoms with E-state index in [-0.39, 0.29) is 0 Å². The van der Waals surface area contributed by atoms with Crippen molar-refractivity contribution in [2.24, 2.45) is 7.05 Å². The lowest BCUT2D eigenvalue weighted by atomic mass is 10.0. The standard InChI is InChI=1S/C20H28N2O/c1-15(2)17-5-7-18(8-6-17)20-13-19(16(3)21(20)4)14-22-9-11-23-12-10-22/h5-8,13,15H,9-12,14H2,1-4H3. The lowest BCUT2D eigenvalue weighted by Gasteiger charge is -2.26. The summed E-state index contributed by atoms with van der Waals surface area (Å²) in [6.07, 6.45) is 0. The van der Waals surface area contributed by atoms with Crippen LogP contribution in [-0.4, -0.2) is 35.8 Å². The molecule has 0 spiro atoms. The van der Waals surface area contributed by atoms with Crippen LogP contribution >= 0.6 is 0 Å². The number of ether oxygens (including phenoxy) is 1. The molecule has 23 heavy (non-hydrogen) atoms. The van der Waals surface area contributed by atoms with Gasteiger partial charge in [-0.3, -0.25) is 4.90 Å². The van der Waals surface area contributed by atoms with Gasteiger partial charge in [-0.2, -0.15) is 0 Å². The molecule has 2 aromatic rings. The summed E-state index contributed by atoms with van der Waals surface area (Å²) in [5, 5.41) is 0. The molecule has 1 aromatic heterocycles. The van der Waals surface area contributed by atoms with E-state index in [9.17, 15) is 0 Å². The quantitative estimate of drug-likeness (QED) is 0.850. The number of nitrogens with zero attached hydrogens (tertiary/aromatic N) is 2. The first-order valence-corrected chi connectivity index (χ1v) is 8.62. The van der Waals surface area contributed by atoms with E-state index in [0.29, 0.717) is 5.92 Å². The lowest BCUT2D eigenvalue weighted by molar-refractivity contribution is 0.0341. The van der Waals surface area contributed by atoms with Gasteiger partial charge in [0.05, 0.1) is 13.2 Å². The molecule has 0 radical (unpaired) electrons. The van der Waals surface area contributed by atoms with Crippen molar-refractivity contribution in [3.8, 4) is 11.3 Å². The Morgan fingerprint density at radius 2 is 1.74 bits per heavy atom. The molecule has 3 rings (SSSR count). The first-order valence-electron chi connectivity index (χ1n) is 8.62. The van der Waals surface area contributed by atoms with E-state index in [4.69, 9.17) is 4.74 Å². The summed E-state index contributed by atoms with van der Waals surface area (Å²) in [5.74, 6) is 0.580. The molecule has 0 unspecified atom stereocenters. The smallest absolute Gasteiger partial charge is 0.0594 e. The maximum atomic E-state index is 5.45. The Bertz CT molecular complexity index is 649. The van der Waals surface area contributed by atoms with Gasteiger partial charge in [0.2, 0.25) is 0 Å². The molecule has 2 heterocycles. The van der Waals surface area contributed by atoms with Crippen molar-refractivity contribution in [1.82, 2.24) is 9.47 Å². The molecule has 0 atom stereocenters. The molecule has 124 valence electrons. The molecule has 0 N–H and O–H groups in total. The summed E-state index contributed by atoms with van der Waals surface area (Å²) in [5.41, 5.74) is 6.79. The number of morpholine rings is 1. The SMILES string of the molecule is Cc1c(CN2CCOCC2)cc(-c2ccc(C(C)C)cc2)n1C. The van der Waals surface area contributed by atoms with Crippen molar-refractivity contribution >= 4 is 0 Å². The molecule has 1 aromatic carbocycles. The van der Waals surface area contributed by atoms with E-state index in [2.05, 4.69) is 67.6 Å². The minimum atomic E-state index is 0.580. The van der Waals surface area contributed by atoms with Gasteiger partial charge < -0.3 is 9.30 Å². The van der Waals surface area contributed by atoms with Crippen LogP contribution in [0, 0.1) is 6.92 Å². The molecule has 1 saturated heterocycles. The highest BCUT2D eigenvalue weighted by atomic mass is 16.5. The van der Waals surface area contributed by atoms with E-state index in [1.165, 1.54) is 28.1 Å². The number of benzene rings is 1. The van der Waals surface area contributed by atoms with Crippen molar-refractivity contribution in [3.63, 3.8) is 0 Å². The van der Waals surface area contributed by atoms with Crippen LogP contribution in [0.5, 0.6) is 0 Å². The Morgan fingerprint density at radius 3 is 2.35 bits per heavy atom. The molecule has 0 aliphatic carbocycles. The minimum absolute atomic E-state index is 0.580. The van der Waals surface area contributed by atoms with Gasteiger partial charge in [0.15, 0.2) is 0 Å². The highest BCUT2D eigenvalue weighted by Gasteiger charge is 2.16. The van der Waals surface area contributed by atoms with E-state index in [1.54, 1.807) is 0 Å². The fourth-order valence-electron chi connectivity index (χ4n) is 3.24. The molecule has 1 aliphatic rings. The van der Waals surface area contributed by atoms with Crippen molar-refractivity contribution in [3.05, 3.63) is 47.2 Å². The van der Waals surface area contributed by atoms with Gasteiger partial charge in [0, 0.05) is 38.1 Å². The summed E-state index contributed by atoms with van der Waals surface area (Å²) in [6.45, 7) is 11.5. The zero-order valence-electron chi connectivity index (χ0n) is 14.8. The number of hydrogen-bond donors (Lipinski definition) is 0. The first-order chi connectivity index (χ1) is 11.1. The Labute approximate surface area is 139 Å². The highest BCUT2D eigenvalue weighted by Crippen LogP contribution is 2.27. The van der Waals surface area contributed by atoms with Crippen molar-refractivity contribution in [2.45, 2.75) is 33.2 Å². The van der Waals surface area contributed by atoms with Gasteiger partial charge in [-0.25, -0.2) is 0 Å². The van der Waals surface area contributed by atoms with Crippen molar-refractivity contribution in [2.75, 3.05) is 26.3 Å². The van der Waals surface area contributed by atoms with E-state index in [0.717, 1.165) is 32.8 Å². The van der Waals surface area contributed by atoms with Gasteiger partial charge >= 0.3 is 0 Å². The summed E-state index contributed by atoms with van der Waals surface area (Å²) in [6, 6.07) is 11.4. The maximum absolute atomic E-state index is 5.45. The molecule has 0 bridgehead atoms. The second-order valence-electron chi connectivity index (χ2n) is 6.86. The summed E-state index contributed by atoms with van der Waals surface area (Å²) in [7, 11) is 2.17. The Balaban J connectivity index is 1.83. The molecule has 1 aliphatic heterocycles. The van der Waals surface area contributed by atoms with Crippen LogP contribution in [-0.2, 0) is 18.3 Å². The molecule has 1 fully saturated rings. The number of aromatic nitrogens is 1. The van der Waals surface area contributed by atoms with Crippen LogP contribution in [0.25, 0.3) is 11.3 Å². The minimum Gasteiger partial charge on any atom is -0.379 e. The predicted molar refractivity (Wildman–Crippen MR) is 95.8 cm³/mol. The normalized spacial score (nSPS) is 16.2. The van der Waals surface area contributed by atoms with Crippen molar-refractivity contribution < 1.29 is 4.74 Å². The highest BCUT2D eigenvalue weighted by molar-refractivity contribution is 5.63. The third-order valence-corrected chi connectivity index (χ3v) is 5.01. The largest absolute Gasteiger partial charge is 0.379 e. The number of rotatable bonds is 4. The molecule has 3 heteroatoms. The zero-order chi connectivity index (χ0) is 16.4. The zero-order valence-corrected chi connectivity index (χ0v) is 14.8. The van der Waals surface area contributed by atoms with Gasteiger partial charge in [0.1, 0.15) is 0 Å². The van der Waals surface area contributed by atoms with Crippen LogP contribution in [0.2, 0.25) is 0 Å². The third kappa shape index (κ3) is 3.51. The fraction of sp³-hybridized carbons (Fsp3) is 0.500. The van der Waals surface area contributed by atoms with Crippen LogP contribution < -0.4 is 0 Å². The average Bonchev–Trinajstić information content (AvgIpc) is 2.84. The molecule has 0 amide bonds. The third-order valence-electron chi connectivity index (χ3n) is 5.01. The fourth-order valence-corrected chi connectivity index (χ4v) is 3.24. The Kier molecular flexibility index (Phi) is 4.88. The van der Waals surface area contributed by atoms with Gasteiger partial charge in [-0.15, -0.1) is 0 Å². The average molecular weight is 312 g/mol. The lowest BCUT2D eigenvalue weighted by Crippen LogP contribution is -2.35. The van der Waals surface area contributed by atoms with E-state index >= 15 is 0 Å². The predicted octanol–water partition coefficient (Wildman–Crippen LogP) is 3.96. The van der Waals surface area contributed by atoms with Gasteiger partial charge in [-0.05, 0) is 35.6 Å². The maximum Gasteiger partial charge on any atom is 0.0594 e. The second kappa shape index (κ2) is 6.90. The van der Waals surface area contributed by atoms with E-state index in [1.807, 2.05) is 0 Å². The van der Waals surface area contributed by atoms with Gasteiger partial charge in [0.25, 0.3) is 0 Å². The molecule has 3 nitrogen and oxygen atoms in total. The number of hydrogen-bond acceptors (Lipinski definition) is 2. The van der Waals surface area contributed by atoms with E-state index < -0.39 is 0 Å². The molecule has 0 saturated carbocycles. The topological polar surface area (TPSA) is 17.4 Å². The van der Waals surface area contributed by atoms with Gasteiger partial charge in [-0.1, -0.05) is 38.1 Å². The molecular formula is C20H28N2O. The van der Waals surface area contributed by atoms with Crippen LogP contribution in [0.1, 0.15) is 36.6 Å². The monoisotopic (exact) mass is 312 g/mol. The summed E-state index contributed by atoms with van der Waals surface area (Å²) in [4.78, 5) is 2.48. The molecular weight excluding hydrogens is 284 g/mol. The summed E-state index contributed by atoms with van der Waals surface area (Å²) < 4.78 is 7.77. The van der Waals surface area contributed by atoms with Crippen LogP contribution in [0.4, 0.5) is 0 Å².